The molecule has 240 valence electrons. The summed E-state index contributed by atoms with van der Waals surface area (Å²) in [6.07, 6.45) is 1.66. The molecule has 7 rings (SSSR count). The molecule has 3 aromatic carbocycles. The van der Waals surface area contributed by atoms with Crippen LogP contribution in [0.1, 0.15) is 11.3 Å². The monoisotopic (exact) mass is 653 g/mol. The van der Waals surface area contributed by atoms with Gasteiger partial charge in [-0.15, -0.1) is 0 Å². The number of ether oxygens (including phenoxy) is 3. The molecule has 4 heterocycles. The number of thioether (sulfide) groups is 1. The Bertz CT molecular complexity index is 1930. The quantitative estimate of drug-likeness (QED) is 0.257. The van der Waals surface area contributed by atoms with Gasteiger partial charge in [0.1, 0.15) is 13.1 Å². The van der Waals surface area contributed by atoms with Gasteiger partial charge in [0.15, 0.2) is 11.5 Å². The summed E-state index contributed by atoms with van der Waals surface area (Å²) in [5.74, 6) is -0.0820. The Kier molecular flexibility index (Phi) is 8.31. The summed E-state index contributed by atoms with van der Waals surface area (Å²) >= 11 is 0.787. The third-order valence-electron chi connectivity index (χ3n) is 8.22. The van der Waals surface area contributed by atoms with Crippen molar-refractivity contribution in [3.63, 3.8) is 0 Å². The number of morpholine rings is 1. The fraction of sp³-hybridized carbons (Fsp3) is 0.235. The fourth-order valence-corrected chi connectivity index (χ4v) is 6.67. The molecule has 0 atom stereocenters. The van der Waals surface area contributed by atoms with E-state index < -0.39 is 23.6 Å². The summed E-state index contributed by atoms with van der Waals surface area (Å²) in [6.45, 7) is 4.56. The van der Waals surface area contributed by atoms with E-state index in [0.29, 0.717) is 41.7 Å². The number of carbonyl (C=O) groups is 4. The summed E-state index contributed by atoms with van der Waals surface area (Å²) in [5.41, 5.74) is 4.44. The lowest BCUT2D eigenvalue weighted by Crippen LogP contribution is -2.36. The van der Waals surface area contributed by atoms with Crippen molar-refractivity contribution >= 4 is 68.8 Å². The van der Waals surface area contributed by atoms with E-state index in [4.69, 9.17) is 14.2 Å². The van der Waals surface area contributed by atoms with Crippen molar-refractivity contribution in [2.45, 2.75) is 13.5 Å². The number of benzene rings is 3. The molecule has 2 fully saturated rings. The molecule has 0 radical (unpaired) electrons. The first-order chi connectivity index (χ1) is 22.8. The maximum atomic E-state index is 13.4. The molecule has 0 aliphatic carbocycles. The molecule has 1 aromatic heterocycles. The van der Waals surface area contributed by atoms with Gasteiger partial charge in [-0.05, 0) is 67.2 Å². The van der Waals surface area contributed by atoms with Gasteiger partial charge in [0.2, 0.25) is 18.6 Å². The molecule has 3 aliphatic rings. The van der Waals surface area contributed by atoms with Crippen molar-refractivity contribution in [1.29, 1.82) is 0 Å². The van der Waals surface area contributed by atoms with Gasteiger partial charge in [0, 0.05) is 58.4 Å². The predicted octanol–water partition coefficient (Wildman–Crippen LogP) is 4.83. The Labute approximate surface area is 274 Å². The molecular formula is C34H31N5O7S. The largest absolute Gasteiger partial charge is 0.454 e. The van der Waals surface area contributed by atoms with Crippen molar-refractivity contribution < 1.29 is 33.4 Å². The van der Waals surface area contributed by atoms with Crippen LogP contribution in [0.5, 0.6) is 11.5 Å². The Morgan fingerprint density at radius 3 is 2.38 bits per heavy atom. The summed E-state index contributed by atoms with van der Waals surface area (Å²) in [5, 5.41) is 5.98. The van der Waals surface area contributed by atoms with Gasteiger partial charge in [-0.3, -0.25) is 24.1 Å². The molecule has 2 saturated heterocycles. The molecule has 4 aromatic rings. The number of aromatic nitrogens is 1. The first kappa shape index (κ1) is 30.4. The minimum absolute atomic E-state index is 0.0176. The molecule has 47 heavy (non-hydrogen) atoms. The minimum Gasteiger partial charge on any atom is -0.454 e. The number of anilines is 3. The van der Waals surface area contributed by atoms with Gasteiger partial charge >= 0.3 is 0 Å². The minimum atomic E-state index is -0.547. The number of rotatable bonds is 8. The number of imide groups is 1. The maximum Gasteiger partial charge on any atom is 0.294 e. The number of hydrogen-bond acceptors (Lipinski definition) is 9. The highest BCUT2D eigenvalue weighted by atomic mass is 32.2. The normalized spacial score (nSPS) is 16.7. The average Bonchev–Trinajstić information content (AvgIpc) is 3.73. The molecule has 0 unspecified atom stereocenters. The third kappa shape index (κ3) is 6.27. The van der Waals surface area contributed by atoms with Crippen LogP contribution in [0.4, 0.5) is 21.9 Å². The second-order valence-corrected chi connectivity index (χ2v) is 12.2. The zero-order valence-corrected chi connectivity index (χ0v) is 26.3. The van der Waals surface area contributed by atoms with Gasteiger partial charge in [-0.25, -0.2) is 0 Å². The van der Waals surface area contributed by atoms with Crippen LogP contribution in [0, 0.1) is 6.92 Å². The average molecular weight is 654 g/mol. The molecule has 2 N–H and O–H groups in total. The highest BCUT2D eigenvalue weighted by Crippen LogP contribution is 2.36. The Balaban J connectivity index is 1.04. The summed E-state index contributed by atoms with van der Waals surface area (Å²) in [6, 6.07) is 20.2. The van der Waals surface area contributed by atoms with Gasteiger partial charge in [0.05, 0.1) is 18.1 Å². The van der Waals surface area contributed by atoms with Crippen LogP contribution >= 0.6 is 11.8 Å². The van der Waals surface area contributed by atoms with E-state index in [9.17, 15) is 19.2 Å². The number of nitrogens with zero attached hydrogens (tertiary/aromatic N) is 3. The summed E-state index contributed by atoms with van der Waals surface area (Å²) < 4.78 is 18.0. The molecule has 12 nitrogen and oxygen atoms in total. The molecule has 3 aliphatic heterocycles. The molecule has 0 bridgehead atoms. The number of carbonyl (C=O) groups excluding carboxylic acids is 4. The smallest absolute Gasteiger partial charge is 0.294 e. The second-order valence-electron chi connectivity index (χ2n) is 11.2. The van der Waals surface area contributed by atoms with Crippen molar-refractivity contribution in [3.8, 4) is 11.5 Å². The molecular weight excluding hydrogens is 622 g/mol. The van der Waals surface area contributed by atoms with Gasteiger partial charge in [-0.1, -0.05) is 18.2 Å². The van der Waals surface area contributed by atoms with Crippen LogP contribution in [0.25, 0.3) is 17.0 Å². The Morgan fingerprint density at radius 1 is 0.872 bits per heavy atom. The molecule has 4 amide bonds. The maximum absolute atomic E-state index is 13.4. The SMILES string of the molecule is Cc1c(/C=C2\SC(=O)N(CC(=O)Nc3ccc(N4CCOCC4)cc3)C2=O)c2ccccc2n1CC(=O)Nc1ccc2c(c1)OCO2. The number of fused-ring (bicyclic) bond motifs is 2. The third-order valence-corrected chi connectivity index (χ3v) is 9.12. The van der Waals surface area contributed by atoms with Crippen LogP contribution in [0.2, 0.25) is 0 Å². The van der Waals surface area contributed by atoms with Crippen LogP contribution in [0.3, 0.4) is 0 Å². The lowest BCUT2D eigenvalue weighted by Gasteiger charge is -2.28. The topological polar surface area (TPSA) is 131 Å². The van der Waals surface area contributed by atoms with Gasteiger partial charge in [0.25, 0.3) is 11.1 Å². The van der Waals surface area contributed by atoms with Gasteiger partial charge in [-0.2, -0.15) is 0 Å². The predicted molar refractivity (Wildman–Crippen MR) is 179 cm³/mol. The van der Waals surface area contributed by atoms with Crippen LogP contribution in [0.15, 0.2) is 71.6 Å². The first-order valence-corrected chi connectivity index (χ1v) is 15.9. The number of para-hydroxylation sites is 1. The lowest BCUT2D eigenvalue weighted by atomic mass is 10.1. The summed E-state index contributed by atoms with van der Waals surface area (Å²) in [7, 11) is 0. The second kappa shape index (κ2) is 12.9. The van der Waals surface area contributed by atoms with Crippen LogP contribution in [-0.4, -0.2) is 72.1 Å². The molecule has 13 heteroatoms. The van der Waals surface area contributed by atoms with E-state index in [1.165, 1.54) is 0 Å². The molecule has 0 saturated carbocycles. The highest BCUT2D eigenvalue weighted by Gasteiger charge is 2.36. The standard InChI is InChI=1S/C34H31N5O7S/c1-21-26(25-4-2-3-5-27(25)38(21)18-31(40)36-23-8-11-28-29(16-23)46-20-45-28)17-30-33(42)39(34(43)47-30)19-32(41)35-22-6-9-24(10-7-22)37-12-14-44-15-13-37/h2-11,16-17H,12-15,18-20H2,1H3,(H,35,41)(H,36,40)/b30-17-. The van der Waals surface area contributed by atoms with E-state index in [1.54, 1.807) is 36.4 Å². The fourth-order valence-electron chi connectivity index (χ4n) is 5.85. The van der Waals surface area contributed by atoms with E-state index in [2.05, 4.69) is 15.5 Å². The number of amides is 4. The number of nitrogens with one attached hydrogen (secondary N) is 2. The van der Waals surface area contributed by atoms with Crippen molar-refractivity contribution in [1.82, 2.24) is 9.47 Å². The summed E-state index contributed by atoms with van der Waals surface area (Å²) in [4.78, 5) is 55.6. The van der Waals surface area contributed by atoms with Crippen molar-refractivity contribution in [2.75, 3.05) is 55.2 Å². The van der Waals surface area contributed by atoms with E-state index in [-0.39, 0.29) is 24.2 Å². The molecule has 0 spiro atoms. The zero-order valence-electron chi connectivity index (χ0n) is 25.5. The van der Waals surface area contributed by atoms with Crippen molar-refractivity contribution in [2.24, 2.45) is 0 Å². The van der Waals surface area contributed by atoms with E-state index in [1.807, 2.05) is 47.9 Å². The van der Waals surface area contributed by atoms with E-state index in [0.717, 1.165) is 52.0 Å². The van der Waals surface area contributed by atoms with E-state index >= 15 is 0 Å². The first-order valence-electron chi connectivity index (χ1n) is 15.1. The highest BCUT2D eigenvalue weighted by molar-refractivity contribution is 8.18. The Morgan fingerprint density at radius 2 is 1.57 bits per heavy atom. The Hall–Kier alpha value is -5.27. The zero-order chi connectivity index (χ0) is 32.5. The van der Waals surface area contributed by atoms with Crippen LogP contribution < -0.4 is 25.0 Å². The number of hydrogen-bond donors (Lipinski definition) is 2. The lowest BCUT2D eigenvalue weighted by molar-refractivity contribution is -0.127. The van der Waals surface area contributed by atoms with Gasteiger partial charge < -0.3 is 34.3 Å². The van der Waals surface area contributed by atoms with Crippen LogP contribution in [-0.2, 0) is 25.7 Å². The van der Waals surface area contributed by atoms with Crippen molar-refractivity contribution in [3.05, 3.63) is 82.9 Å².